The predicted molar refractivity (Wildman–Crippen MR) is 93.4 cm³/mol. The average Bonchev–Trinajstić information content (AvgIpc) is 2.54. The predicted octanol–water partition coefficient (Wildman–Crippen LogP) is 1.98. The molecule has 1 aliphatic heterocycles. The van der Waals surface area contributed by atoms with E-state index in [1.54, 1.807) is 0 Å². The van der Waals surface area contributed by atoms with Crippen molar-refractivity contribution in [1.29, 1.82) is 0 Å². The third kappa shape index (κ3) is 4.51. The third-order valence-corrected chi connectivity index (χ3v) is 5.46. The fraction of sp³-hybridized carbons (Fsp3) is 0.579. The van der Waals surface area contributed by atoms with E-state index in [0.717, 1.165) is 44.5 Å². The number of nitrogens with zero attached hydrogens (tertiary/aromatic N) is 1. The maximum absolute atomic E-state index is 11.1. The summed E-state index contributed by atoms with van der Waals surface area (Å²) in [6.07, 6.45) is 4.64. The van der Waals surface area contributed by atoms with Gasteiger partial charge < -0.3 is 15.6 Å². The molecule has 1 amide bonds. The zero-order chi connectivity index (χ0) is 17.8. The van der Waals surface area contributed by atoms with Gasteiger partial charge in [0.15, 0.2) is 0 Å². The summed E-state index contributed by atoms with van der Waals surface area (Å²) in [5.74, 6) is 0.314. The number of ether oxygens (including phenoxy) is 1. The van der Waals surface area contributed by atoms with Gasteiger partial charge in [-0.3, -0.25) is 14.5 Å². The van der Waals surface area contributed by atoms with Gasteiger partial charge in [-0.15, -0.1) is 0 Å². The van der Waals surface area contributed by atoms with Gasteiger partial charge in [0.1, 0.15) is 5.75 Å². The van der Waals surface area contributed by atoms with Crippen LogP contribution in [0.5, 0.6) is 5.75 Å². The molecule has 25 heavy (non-hydrogen) atoms. The summed E-state index contributed by atoms with van der Waals surface area (Å²) in [5.41, 5.74) is 6.66. The first-order valence-electron chi connectivity index (χ1n) is 9.01. The van der Waals surface area contributed by atoms with Gasteiger partial charge in [0.2, 0.25) is 5.91 Å². The molecule has 0 atom stereocenters. The molecule has 0 radical (unpaired) electrons. The molecule has 1 saturated carbocycles. The van der Waals surface area contributed by atoms with Crippen LogP contribution in [0.2, 0.25) is 0 Å². The Hall–Kier alpha value is -2.08. The van der Waals surface area contributed by atoms with E-state index in [2.05, 4.69) is 17.0 Å². The van der Waals surface area contributed by atoms with Crippen LogP contribution in [0, 0.1) is 5.92 Å². The van der Waals surface area contributed by atoms with Crippen molar-refractivity contribution in [2.75, 3.05) is 19.7 Å². The lowest BCUT2D eigenvalue weighted by Crippen LogP contribution is -2.56. The molecule has 1 saturated heterocycles. The first kappa shape index (κ1) is 17.7. The van der Waals surface area contributed by atoms with Gasteiger partial charge in [-0.2, -0.15) is 0 Å². The van der Waals surface area contributed by atoms with E-state index in [1.807, 2.05) is 12.1 Å². The lowest BCUT2D eigenvalue weighted by atomic mass is 9.80. The summed E-state index contributed by atoms with van der Waals surface area (Å²) < 4.78 is 5.43. The van der Waals surface area contributed by atoms with E-state index in [0.29, 0.717) is 12.0 Å². The molecule has 3 N–H and O–H groups in total. The Bertz CT molecular complexity index is 602. The van der Waals surface area contributed by atoms with Crippen molar-refractivity contribution in [3.05, 3.63) is 29.8 Å². The molecule has 6 heteroatoms. The van der Waals surface area contributed by atoms with Gasteiger partial charge in [-0.1, -0.05) is 12.1 Å². The molecule has 2 aliphatic rings. The highest BCUT2D eigenvalue weighted by atomic mass is 16.5. The van der Waals surface area contributed by atoms with E-state index < -0.39 is 5.97 Å². The van der Waals surface area contributed by atoms with E-state index in [-0.39, 0.29) is 24.9 Å². The average molecular weight is 346 g/mol. The maximum atomic E-state index is 11.1. The zero-order valence-electron chi connectivity index (χ0n) is 14.4. The summed E-state index contributed by atoms with van der Waals surface area (Å²) in [6, 6.07) is 8.62. The standard InChI is InChI=1S/C19H26N2O4/c20-19(24)15-11-21(12-15)16-5-1-13(2-6-16)14-3-7-17(8-4-14)25-10-9-18(22)23/h3-4,7-8,13,15-16H,1-2,5-6,9-12H2,(H2,20,24)(H,22,23). The number of hydrogen-bond acceptors (Lipinski definition) is 4. The number of hydrogen-bond donors (Lipinski definition) is 2. The van der Waals surface area contributed by atoms with E-state index >= 15 is 0 Å². The lowest BCUT2D eigenvalue weighted by Gasteiger charge is -2.45. The number of amides is 1. The van der Waals surface area contributed by atoms with Crippen LogP contribution in [0.1, 0.15) is 43.6 Å². The van der Waals surface area contributed by atoms with E-state index in [4.69, 9.17) is 15.6 Å². The summed E-state index contributed by atoms with van der Waals surface area (Å²) in [6.45, 7) is 1.85. The van der Waals surface area contributed by atoms with Crippen LogP contribution in [0.3, 0.4) is 0 Å². The number of carboxylic acid groups (broad SMARTS) is 1. The summed E-state index contributed by atoms with van der Waals surface area (Å²) in [4.78, 5) is 24.0. The van der Waals surface area contributed by atoms with Crippen molar-refractivity contribution < 1.29 is 19.4 Å². The van der Waals surface area contributed by atoms with E-state index in [1.165, 1.54) is 5.56 Å². The Morgan fingerprint density at radius 1 is 1.12 bits per heavy atom. The molecule has 2 fully saturated rings. The van der Waals surface area contributed by atoms with Crippen LogP contribution in [0.15, 0.2) is 24.3 Å². The topological polar surface area (TPSA) is 92.9 Å². The van der Waals surface area contributed by atoms with Crippen molar-refractivity contribution in [1.82, 2.24) is 4.90 Å². The minimum absolute atomic E-state index is 0.0128. The van der Waals surface area contributed by atoms with Crippen molar-refractivity contribution >= 4 is 11.9 Å². The first-order valence-corrected chi connectivity index (χ1v) is 9.01. The molecule has 3 rings (SSSR count). The summed E-state index contributed by atoms with van der Waals surface area (Å²) in [7, 11) is 0. The number of rotatable bonds is 7. The van der Waals surface area contributed by atoms with Crippen molar-refractivity contribution in [2.24, 2.45) is 11.7 Å². The zero-order valence-corrected chi connectivity index (χ0v) is 14.4. The van der Waals surface area contributed by atoms with Gasteiger partial charge in [0.25, 0.3) is 0 Å². The summed E-state index contributed by atoms with van der Waals surface area (Å²) >= 11 is 0. The highest BCUT2D eigenvalue weighted by Crippen LogP contribution is 2.37. The molecule has 1 aliphatic carbocycles. The lowest BCUT2D eigenvalue weighted by molar-refractivity contribution is -0.137. The van der Waals surface area contributed by atoms with Crippen molar-refractivity contribution in [3.8, 4) is 5.75 Å². The van der Waals surface area contributed by atoms with Crippen LogP contribution in [0.4, 0.5) is 0 Å². The fourth-order valence-corrected chi connectivity index (χ4v) is 3.86. The molecule has 0 aromatic heterocycles. The maximum Gasteiger partial charge on any atom is 0.306 e. The Kier molecular flexibility index (Phi) is 5.58. The van der Waals surface area contributed by atoms with Crippen molar-refractivity contribution in [2.45, 2.75) is 44.1 Å². The second-order valence-electron chi connectivity index (χ2n) is 7.12. The minimum Gasteiger partial charge on any atom is -0.493 e. The van der Waals surface area contributed by atoms with E-state index in [9.17, 15) is 9.59 Å². The molecule has 1 aromatic carbocycles. The largest absolute Gasteiger partial charge is 0.493 e. The molecule has 1 aromatic rings. The fourth-order valence-electron chi connectivity index (χ4n) is 3.86. The normalized spacial score (nSPS) is 24.5. The summed E-state index contributed by atoms with van der Waals surface area (Å²) in [5, 5.41) is 8.62. The Morgan fingerprint density at radius 2 is 1.76 bits per heavy atom. The van der Waals surface area contributed by atoms with Gasteiger partial charge in [0, 0.05) is 19.1 Å². The first-order chi connectivity index (χ1) is 12.0. The van der Waals surface area contributed by atoms with Gasteiger partial charge in [-0.25, -0.2) is 0 Å². The quantitative estimate of drug-likeness (QED) is 0.787. The third-order valence-electron chi connectivity index (χ3n) is 5.46. The van der Waals surface area contributed by atoms with Crippen LogP contribution in [0.25, 0.3) is 0 Å². The molecule has 0 bridgehead atoms. The monoisotopic (exact) mass is 346 g/mol. The number of nitrogens with two attached hydrogens (primary N) is 1. The molecule has 0 spiro atoms. The number of carbonyl (C=O) groups excluding carboxylic acids is 1. The molecular formula is C19H26N2O4. The Morgan fingerprint density at radius 3 is 2.32 bits per heavy atom. The van der Waals surface area contributed by atoms with Gasteiger partial charge in [-0.05, 0) is 49.3 Å². The number of carboxylic acids is 1. The molecule has 1 heterocycles. The highest BCUT2D eigenvalue weighted by Gasteiger charge is 2.37. The SMILES string of the molecule is NC(=O)C1CN(C2CCC(c3ccc(OCCC(=O)O)cc3)CC2)C1. The van der Waals surface area contributed by atoms with Crippen LogP contribution in [-0.4, -0.2) is 47.6 Å². The van der Waals surface area contributed by atoms with Crippen LogP contribution < -0.4 is 10.5 Å². The van der Waals surface area contributed by atoms with Crippen LogP contribution >= 0.6 is 0 Å². The Labute approximate surface area is 147 Å². The molecule has 0 unspecified atom stereocenters. The molecular weight excluding hydrogens is 320 g/mol. The van der Waals surface area contributed by atoms with Gasteiger partial charge >= 0.3 is 5.97 Å². The number of likely N-dealkylation sites (tertiary alicyclic amines) is 1. The number of carbonyl (C=O) groups is 2. The number of benzene rings is 1. The molecule has 6 nitrogen and oxygen atoms in total. The number of aliphatic carboxylic acids is 1. The van der Waals surface area contributed by atoms with Gasteiger partial charge in [0.05, 0.1) is 18.9 Å². The van der Waals surface area contributed by atoms with Crippen molar-refractivity contribution in [3.63, 3.8) is 0 Å². The highest BCUT2D eigenvalue weighted by molar-refractivity contribution is 5.78. The number of primary amides is 1. The minimum atomic E-state index is -0.849. The second-order valence-corrected chi connectivity index (χ2v) is 7.12. The Balaban J connectivity index is 1.43. The second kappa shape index (κ2) is 7.87. The smallest absolute Gasteiger partial charge is 0.306 e. The van der Waals surface area contributed by atoms with Crippen LogP contribution in [-0.2, 0) is 9.59 Å². The molecule has 136 valence electrons.